The van der Waals surface area contributed by atoms with Crippen LogP contribution in [-0.4, -0.2) is 12.4 Å². The zero-order valence-corrected chi connectivity index (χ0v) is 11.9. The lowest BCUT2D eigenvalue weighted by atomic mass is 10.0. The van der Waals surface area contributed by atoms with Gasteiger partial charge in [0.05, 0.1) is 0 Å². The van der Waals surface area contributed by atoms with E-state index in [2.05, 4.69) is 10.2 Å². The standard InChI is InChI=1S/C14H15F3N2OS/c15-14(16,17)20-13-3-1-10(2-4-13)7-12(19-18)8-11-5-6-21-9-11/h1-6,9,12,19H,7-8,18H2. The van der Waals surface area contributed by atoms with Gasteiger partial charge in [0.15, 0.2) is 0 Å². The Hall–Kier alpha value is -1.57. The van der Waals surface area contributed by atoms with Crippen LogP contribution in [0.1, 0.15) is 11.1 Å². The third-order valence-electron chi connectivity index (χ3n) is 2.94. The number of nitrogens with one attached hydrogen (secondary N) is 1. The van der Waals surface area contributed by atoms with Crippen molar-refractivity contribution in [3.05, 3.63) is 52.2 Å². The molecule has 0 saturated carbocycles. The minimum Gasteiger partial charge on any atom is -0.406 e. The van der Waals surface area contributed by atoms with Crippen molar-refractivity contribution in [2.24, 2.45) is 5.84 Å². The van der Waals surface area contributed by atoms with Crippen LogP contribution in [0.5, 0.6) is 5.75 Å². The van der Waals surface area contributed by atoms with E-state index in [1.165, 1.54) is 17.7 Å². The molecule has 0 saturated heterocycles. The van der Waals surface area contributed by atoms with Crippen molar-refractivity contribution in [1.82, 2.24) is 5.43 Å². The van der Waals surface area contributed by atoms with Crippen LogP contribution < -0.4 is 16.0 Å². The molecule has 21 heavy (non-hydrogen) atoms. The fraction of sp³-hybridized carbons (Fsp3) is 0.286. The predicted molar refractivity (Wildman–Crippen MR) is 76.0 cm³/mol. The Labute approximate surface area is 124 Å². The van der Waals surface area contributed by atoms with Crippen molar-refractivity contribution >= 4 is 11.3 Å². The fourth-order valence-corrected chi connectivity index (χ4v) is 2.68. The quantitative estimate of drug-likeness (QED) is 0.635. The van der Waals surface area contributed by atoms with Crippen molar-refractivity contribution in [2.75, 3.05) is 0 Å². The monoisotopic (exact) mass is 316 g/mol. The van der Waals surface area contributed by atoms with Gasteiger partial charge in [-0.25, -0.2) is 0 Å². The van der Waals surface area contributed by atoms with Crippen LogP contribution in [0, 0.1) is 0 Å². The summed E-state index contributed by atoms with van der Waals surface area (Å²) in [5, 5.41) is 4.04. The molecule has 0 fully saturated rings. The van der Waals surface area contributed by atoms with Crippen LogP contribution in [0.3, 0.4) is 0 Å². The number of hydrogen-bond donors (Lipinski definition) is 2. The molecule has 0 aliphatic carbocycles. The van der Waals surface area contributed by atoms with E-state index >= 15 is 0 Å². The van der Waals surface area contributed by atoms with Gasteiger partial charge in [0.25, 0.3) is 0 Å². The van der Waals surface area contributed by atoms with Crippen molar-refractivity contribution in [1.29, 1.82) is 0 Å². The normalized spacial score (nSPS) is 13.1. The van der Waals surface area contributed by atoms with E-state index in [9.17, 15) is 13.2 Å². The molecule has 0 aliphatic rings. The number of rotatable bonds is 6. The SMILES string of the molecule is NNC(Cc1ccc(OC(F)(F)F)cc1)Cc1ccsc1. The van der Waals surface area contributed by atoms with E-state index in [0.29, 0.717) is 6.42 Å². The molecule has 0 amide bonds. The molecule has 0 bridgehead atoms. The van der Waals surface area contributed by atoms with Gasteiger partial charge >= 0.3 is 6.36 Å². The summed E-state index contributed by atoms with van der Waals surface area (Å²) in [5.74, 6) is 5.31. The smallest absolute Gasteiger partial charge is 0.406 e. The molecule has 0 aliphatic heterocycles. The van der Waals surface area contributed by atoms with Crippen LogP contribution in [0.2, 0.25) is 0 Å². The molecule has 3 nitrogen and oxygen atoms in total. The van der Waals surface area contributed by atoms with E-state index in [1.807, 2.05) is 16.8 Å². The lowest BCUT2D eigenvalue weighted by Crippen LogP contribution is -2.38. The first-order valence-corrected chi connectivity index (χ1v) is 7.22. The maximum absolute atomic E-state index is 12.1. The van der Waals surface area contributed by atoms with Crippen molar-refractivity contribution < 1.29 is 17.9 Å². The molecule has 1 atom stereocenters. The van der Waals surface area contributed by atoms with Crippen LogP contribution in [-0.2, 0) is 12.8 Å². The highest BCUT2D eigenvalue weighted by Gasteiger charge is 2.30. The number of benzene rings is 1. The summed E-state index contributed by atoms with van der Waals surface area (Å²) in [6.07, 6.45) is -3.28. The molecule has 3 N–H and O–H groups in total. The molecular formula is C14H15F3N2OS. The van der Waals surface area contributed by atoms with Gasteiger partial charge in [0, 0.05) is 6.04 Å². The molecule has 2 aromatic rings. The molecule has 1 aromatic carbocycles. The van der Waals surface area contributed by atoms with Gasteiger partial charge in [-0.15, -0.1) is 13.2 Å². The van der Waals surface area contributed by atoms with Gasteiger partial charge in [-0.3, -0.25) is 11.3 Å². The van der Waals surface area contributed by atoms with E-state index in [1.54, 1.807) is 23.5 Å². The fourth-order valence-electron chi connectivity index (χ4n) is 2.00. The van der Waals surface area contributed by atoms with Crippen molar-refractivity contribution in [2.45, 2.75) is 25.2 Å². The first-order chi connectivity index (χ1) is 9.96. The Morgan fingerprint density at radius 1 is 1.10 bits per heavy atom. The molecule has 0 spiro atoms. The molecule has 7 heteroatoms. The number of halogens is 3. The lowest BCUT2D eigenvalue weighted by Gasteiger charge is -2.16. The highest BCUT2D eigenvalue weighted by atomic mass is 32.1. The summed E-state index contributed by atoms with van der Waals surface area (Å²) in [7, 11) is 0. The van der Waals surface area contributed by atoms with Crippen LogP contribution in [0.15, 0.2) is 41.1 Å². The average molecular weight is 316 g/mol. The second kappa shape index (κ2) is 6.93. The summed E-state index contributed by atoms with van der Waals surface area (Å²) in [5.41, 5.74) is 4.81. The minimum absolute atomic E-state index is 0.0222. The topological polar surface area (TPSA) is 47.3 Å². The Morgan fingerprint density at radius 2 is 1.76 bits per heavy atom. The number of hydrazine groups is 1. The average Bonchev–Trinajstić information content (AvgIpc) is 2.91. The Kier molecular flexibility index (Phi) is 5.22. The first kappa shape index (κ1) is 15.8. The zero-order valence-electron chi connectivity index (χ0n) is 11.1. The van der Waals surface area contributed by atoms with Gasteiger partial charge in [-0.1, -0.05) is 12.1 Å². The van der Waals surface area contributed by atoms with E-state index in [0.717, 1.165) is 12.0 Å². The third kappa shape index (κ3) is 5.37. The molecule has 1 heterocycles. The maximum Gasteiger partial charge on any atom is 0.573 e. The molecule has 1 aromatic heterocycles. The highest BCUT2D eigenvalue weighted by Crippen LogP contribution is 2.23. The van der Waals surface area contributed by atoms with Gasteiger partial charge in [0.2, 0.25) is 0 Å². The van der Waals surface area contributed by atoms with Crippen molar-refractivity contribution in [3.63, 3.8) is 0 Å². The molecule has 114 valence electrons. The molecule has 0 radical (unpaired) electrons. The van der Waals surface area contributed by atoms with Crippen LogP contribution in [0.4, 0.5) is 13.2 Å². The van der Waals surface area contributed by atoms with E-state index in [-0.39, 0.29) is 11.8 Å². The molecular weight excluding hydrogens is 301 g/mol. The van der Waals surface area contributed by atoms with E-state index in [4.69, 9.17) is 5.84 Å². The molecule has 1 unspecified atom stereocenters. The largest absolute Gasteiger partial charge is 0.573 e. The van der Waals surface area contributed by atoms with Gasteiger partial charge in [-0.05, 0) is 52.9 Å². The summed E-state index contributed by atoms with van der Waals surface area (Å²) in [4.78, 5) is 0. The first-order valence-electron chi connectivity index (χ1n) is 6.28. The van der Waals surface area contributed by atoms with Gasteiger partial charge in [0.1, 0.15) is 5.75 Å². The number of thiophene rings is 1. The summed E-state index contributed by atoms with van der Waals surface area (Å²) < 4.78 is 40.0. The highest BCUT2D eigenvalue weighted by molar-refractivity contribution is 7.07. The van der Waals surface area contributed by atoms with Gasteiger partial charge in [-0.2, -0.15) is 11.3 Å². The number of alkyl halides is 3. The lowest BCUT2D eigenvalue weighted by molar-refractivity contribution is -0.274. The zero-order chi connectivity index (χ0) is 15.3. The summed E-state index contributed by atoms with van der Waals surface area (Å²) >= 11 is 1.61. The third-order valence-corrected chi connectivity index (χ3v) is 3.67. The Balaban J connectivity index is 1.95. The minimum atomic E-state index is -4.66. The summed E-state index contributed by atoms with van der Waals surface area (Å²) in [6.45, 7) is 0. The maximum atomic E-state index is 12.1. The number of hydrogen-bond acceptors (Lipinski definition) is 4. The molecule has 2 rings (SSSR count). The predicted octanol–water partition coefficient (Wildman–Crippen LogP) is 3.26. The van der Waals surface area contributed by atoms with Crippen molar-refractivity contribution in [3.8, 4) is 5.75 Å². The number of nitrogens with two attached hydrogens (primary N) is 1. The van der Waals surface area contributed by atoms with Crippen LogP contribution >= 0.6 is 11.3 Å². The Bertz CT molecular complexity index is 540. The summed E-state index contributed by atoms with van der Waals surface area (Å²) in [6, 6.07) is 7.88. The second-order valence-corrected chi connectivity index (χ2v) is 5.38. The second-order valence-electron chi connectivity index (χ2n) is 4.60. The van der Waals surface area contributed by atoms with E-state index < -0.39 is 6.36 Å². The number of ether oxygens (including phenoxy) is 1. The van der Waals surface area contributed by atoms with Crippen LogP contribution in [0.25, 0.3) is 0 Å². The van der Waals surface area contributed by atoms with Gasteiger partial charge < -0.3 is 4.74 Å². The Morgan fingerprint density at radius 3 is 2.29 bits per heavy atom.